The maximum atomic E-state index is 12.0. The van der Waals surface area contributed by atoms with Crippen molar-refractivity contribution in [3.05, 3.63) is 16.1 Å². The van der Waals surface area contributed by atoms with Crippen molar-refractivity contribution in [2.75, 3.05) is 33.2 Å². The second-order valence-electron chi connectivity index (χ2n) is 5.69. The van der Waals surface area contributed by atoms with Gasteiger partial charge in [0.1, 0.15) is 4.88 Å². The Kier molecular flexibility index (Phi) is 8.82. The molecule has 1 unspecified atom stereocenters. The van der Waals surface area contributed by atoms with Crippen molar-refractivity contribution in [3.63, 3.8) is 0 Å². The van der Waals surface area contributed by atoms with Crippen LogP contribution in [0.25, 0.3) is 0 Å². The molecule has 1 atom stereocenters. The fraction of sp³-hybridized carbons (Fsp3) is 0.667. The minimum Gasteiger partial charge on any atom is -0.354 e. The predicted molar refractivity (Wildman–Crippen MR) is 106 cm³/mol. The Morgan fingerprint density at radius 1 is 1.48 bits per heavy atom. The molecule has 1 aromatic heterocycles. The van der Waals surface area contributed by atoms with Gasteiger partial charge in [0.25, 0.3) is 5.91 Å². The van der Waals surface area contributed by atoms with Crippen LogP contribution in [0.2, 0.25) is 0 Å². The highest BCUT2D eigenvalue weighted by molar-refractivity contribution is 14.0. The van der Waals surface area contributed by atoms with Crippen LogP contribution in [0, 0.1) is 12.8 Å². The molecule has 0 radical (unpaired) electrons. The number of halogens is 1. The van der Waals surface area contributed by atoms with Crippen molar-refractivity contribution in [2.24, 2.45) is 10.9 Å². The second-order valence-corrected chi connectivity index (χ2v) is 6.54. The summed E-state index contributed by atoms with van der Waals surface area (Å²) < 4.78 is 0. The third-order valence-electron chi connectivity index (χ3n) is 3.81. The third-order valence-corrected chi connectivity index (χ3v) is 4.74. The number of carbonyl (C=O) groups excluding carboxylic acids is 1. The monoisotopic (exact) mass is 451 g/mol. The number of nitrogens with one attached hydrogen (secondary N) is 2. The van der Waals surface area contributed by atoms with Gasteiger partial charge >= 0.3 is 0 Å². The van der Waals surface area contributed by atoms with Gasteiger partial charge in [-0.3, -0.25) is 9.79 Å². The average Bonchev–Trinajstić information content (AvgIpc) is 2.93. The zero-order chi connectivity index (χ0) is 15.9. The van der Waals surface area contributed by atoms with E-state index in [0.29, 0.717) is 23.9 Å². The molecule has 2 rings (SSSR count). The molecule has 2 N–H and O–H groups in total. The van der Waals surface area contributed by atoms with E-state index < -0.39 is 0 Å². The van der Waals surface area contributed by atoms with Crippen LogP contribution < -0.4 is 10.6 Å². The fourth-order valence-electron chi connectivity index (χ4n) is 2.66. The summed E-state index contributed by atoms with van der Waals surface area (Å²) in [6, 6.07) is 0. The van der Waals surface area contributed by atoms with E-state index in [9.17, 15) is 4.79 Å². The summed E-state index contributed by atoms with van der Waals surface area (Å²) in [6.07, 6.45) is 2.50. The molecule has 0 aromatic carbocycles. The number of amides is 1. The number of nitrogens with zero attached hydrogens (tertiary/aromatic N) is 3. The summed E-state index contributed by atoms with van der Waals surface area (Å²) in [7, 11) is 1.81. The van der Waals surface area contributed by atoms with Gasteiger partial charge in [0, 0.05) is 33.2 Å². The Labute approximate surface area is 159 Å². The highest BCUT2D eigenvalue weighted by Gasteiger charge is 2.19. The Balaban J connectivity index is 0.00000264. The van der Waals surface area contributed by atoms with Crippen LogP contribution in [0.15, 0.2) is 10.5 Å². The van der Waals surface area contributed by atoms with Crippen LogP contribution >= 0.6 is 35.3 Å². The van der Waals surface area contributed by atoms with Gasteiger partial charge in [-0.05, 0) is 25.7 Å². The lowest BCUT2D eigenvalue weighted by Crippen LogP contribution is -2.47. The molecule has 1 fully saturated rings. The quantitative estimate of drug-likeness (QED) is 0.319. The number of aryl methyl sites for hydroxylation is 1. The molecule has 0 saturated carbocycles. The topological polar surface area (TPSA) is 69.6 Å². The van der Waals surface area contributed by atoms with E-state index >= 15 is 0 Å². The molecular weight excluding hydrogens is 425 g/mol. The molecule has 1 aliphatic heterocycles. The van der Waals surface area contributed by atoms with Crippen molar-refractivity contribution >= 4 is 47.2 Å². The molecule has 1 saturated heterocycles. The molecule has 2 heterocycles. The maximum Gasteiger partial charge on any atom is 0.263 e. The van der Waals surface area contributed by atoms with Crippen molar-refractivity contribution in [3.8, 4) is 0 Å². The Bertz CT molecular complexity index is 534. The molecule has 0 bridgehead atoms. The van der Waals surface area contributed by atoms with Gasteiger partial charge in [0.15, 0.2) is 5.96 Å². The van der Waals surface area contributed by atoms with Gasteiger partial charge in [-0.15, -0.1) is 35.3 Å². The fourth-order valence-corrected chi connectivity index (χ4v) is 3.38. The van der Waals surface area contributed by atoms with E-state index in [4.69, 9.17) is 0 Å². The molecule has 0 spiro atoms. The van der Waals surface area contributed by atoms with Crippen LogP contribution in [-0.4, -0.2) is 55.0 Å². The summed E-state index contributed by atoms with van der Waals surface area (Å²) in [5.74, 6) is 1.58. The SMILES string of the molecule is CN=C(NCCNC(=O)c1scnc1C)N1CCCC(C)C1.I. The highest BCUT2D eigenvalue weighted by Crippen LogP contribution is 2.15. The summed E-state index contributed by atoms with van der Waals surface area (Å²) in [4.78, 5) is 23.4. The molecule has 0 aliphatic carbocycles. The summed E-state index contributed by atoms with van der Waals surface area (Å²) in [5.41, 5.74) is 2.48. The first-order chi connectivity index (χ1) is 10.6. The number of likely N-dealkylation sites (tertiary alicyclic amines) is 1. The van der Waals surface area contributed by atoms with E-state index in [1.807, 2.05) is 6.92 Å². The average molecular weight is 451 g/mol. The van der Waals surface area contributed by atoms with Crippen LogP contribution in [0.4, 0.5) is 0 Å². The van der Waals surface area contributed by atoms with E-state index in [0.717, 1.165) is 24.7 Å². The van der Waals surface area contributed by atoms with Crippen molar-refractivity contribution in [1.29, 1.82) is 0 Å². The molecule has 1 aromatic rings. The Morgan fingerprint density at radius 2 is 2.22 bits per heavy atom. The van der Waals surface area contributed by atoms with Crippen molar-refractivity contribution < 1.29 is 4.79 Å². The maximum absolute atomic E-state index is 12.0. The van der Waals surface area contributed by atoms with Crippen molar-refractivity contribution in [2.45, 2.75) is 26.7 Å². The molecule has 130 valence electrons. The standard InChI is InChI=1S/C15H25N5OS.HI/c1-11-5-4-8-20(9-11)15(16-3)18-7-6-17-14(21)13-12(2)19-10-22-13;/h10-11H,4-9H2,1-3H3,(H,16,18)(H,17,21);1H. The number of aliphatic imine (C=N–C) groups is 1. The summed E-state index contributed by atoms with van der Waals surface area (Å²) in [6.45, 7) is 7.46. The predicted octanol–water partition coefficient (Wildman–Crippen LogP) is 2.11. The van der Waals surface area contributed by atoms with Gasteiger partial charge < -0.3 is 15.5 Å². The molecule has 1 amide bonds. The van der Waals surface area contributed by atoms with Crippen LogP contribution in [-0.2, 0) is 0 Å². The first kappa shape index (κ1) is 20.1. The Hall–Kier alpha value is -0.900. The summed E-state index contributed by atoms with van der Waals surface area (Å²) >= 11 is 1.37. The second kappa shape index (κ2) is 10.1. The van der Waals surface area contributed by atoms with Crippen LogP contribution in [0.5, 0.6) is 0 Å². The van der Waals surface area contributed by atoms with Crippen molar-refractivity contribution in [1.82, 2.24) is 20.5 Å². The molecule has 23 heavy (non-hydrogen) atoms. The van der Waals surface area contributed by atoms with E-state index in [2.05, 4.69) is 32.4 Å². The zero-order valence-electron chi connectivity index (χ0n) is 14.0. The number of piperidine rings is 1. The first-order valence-electron chi connectivity index (χ1n) is 7.75. The molecular formula is C15H26IN5OS. The van der Waals surface area contributed by atoms with Gasteiger partial charge in [-0.25, -0.2) is 4.98 Å². The van der Waals surface area contributed by atoms with E-state index in [1.54, 1.807) is 12.6 Å². The van der Waals surface area contributed by atoms with E-state index in [1.165, 1.54) is 24.2 Å². The lowest BCUT2D eigenvalue weighted by atomic mass is 10.0. The van der Waals surface area contributed by atoms with Crippen LogP contribution in [0.1, 0.15) is 35.1 Å². The van der Waals surface area contributed by atoms with Gasteiger partial charge in [0.2, 0.25) is 0 Å². The number of rotatable bonds is 4. The number of hydrogen-bond donors (Lipinski definition) is 2. The van der Waals surface area contributed by atoms with Gasteiger partial charge in [0.05, 0.1) is 11.2 Å². The van der Waals surface area contributed by atoms with Crippen LogP contribution in [0.3, 0.4) is 0 Å². The third kappa shape index (κ3) is 5.91. The lowest BCUT2D eigenvalue weighted by Gasteiger charge is -2.33. The number of guanidine groups is 1. The minimum atomic E-state index is -0.0524. The van der Waals surface area contributed by atoms with Gasteiger partial charge in [-0.2, -0.15) is 0 Å². The van der Waals surface area contributed by atoms with Gasteiger partial charge in [-0.1, -0.05) is 6.92 Å². The number of aromatic nitrogens is 1. The number of thiazole rings is 1. The number of carbonyl (C=O) groups is 1. The molecule has 8 heteroatoms. The van der Waals surface area contributed by atoms with E-state index in [-0.39, 0.29) is 29.9 Å². The smallest absolute Gasteiger partial charge is 0.263 e. The number of hydrogen-bond acceptors (Lipinski definition) is 4. The molecule has 6 nitrogen and oxygen atoms in total. The summed E-state index contributed by atoms with van der Waals surface area (Å²) in [5, 5.41) is 6.24. The highest BCUT2D eigenvalue weighted by atomic mass is 127. The molecule has 1 aliphatic rings. The lowest BCUT2D eigenvalue weighted by molar-refractivity contribution is 0.0957. The normalized spacial score (nSPS) is 18.3. The largest absolute Gasteiger partial charge is 0.354 e. The Morgan fingerprint density at radius 3 is 2.83 bits per heavy atom. The minimum absolute atomic E-state index is 0. The zero-order valence-corrected chi connectivity index (χ0v) is 17.1. The first-order valence-corrected chi connectivity index (χ1v) is 8.63.